The highest BCUT2D eigenvalue weighted by molar-refractivity contribution is 5.95. The first-order valence-corrected chi connectivity index (χ1v) is 11.4. The van der Waals surface area contributed by atoms with Crippen LogP contribution in [0.15, 0.2) is 34.9 Å². The summed E-state index contributed by atoms with van der Waals surface area (Å²) in [6, 6.07) is 9.47. The van der Waals surface area contributed by atoms with Crippen molar-refractivity contribution in [3.8, 4) is 5.75 Å². The van der Waals surface area contributed by atoms with Gasteiger partial charge in [0.2, 0.25) is 5.91 Å². The van der Waals surface area contributed by atoms with E-state index >= 15 is 0 Å². The van der Waals surface area contributed by atoms with E-state index < -0.39 is 5.41 Å². The number of aromatic nitrogens is 1. The van der Waals surface area contributed by atoms with Gasteiger partial charge < -0.3 is 24.0 Å². The molecule has 2 aromatic rings. The Morgan fingerprint density at radius 1 is 1.12 bits per heavy atom. The van der Waals surface area contributed by atoms with Gasteiger partial charge in [-0.3, -0.25) is 9.59 Å². The highest BCUT2D eigenvalue weighted by atomic mass is 16.5. The molecule has 0 bridgehead atoms. The topological polar surface area (TPSA) is 79.1 Å². The summed E-state index contributed by atoms with van der Waals surface area (Å²) in [5.74, 6) is 1.47. The number of ether oxygens (including phenoxy) is 1. The van der Waals surface area contributed by atoms with Gasteiger partial charge in [-0.05, 0) is 38.9 Å². The van der Waals surface area contributed by atoms with Crippen LogP contribution in [-0.2, 0) is 11.4 Å². The number of para-hydroxylation sites is 1. The summed E-state index contributed by atoms with van der Waals surface area (Å²) in [6.07, 6.45) is 2.13. The van der Waals surface area contributed by atoms with E-state index in [1.807, 2.05) is 35.2 Å². The predicted molar refractivity (Wildman–Crippen MR) is 117 cm³/mol. The molecule has 3 fully saturated rings. The highest BCUT2D eigenvalue weighted by Gasteiger charge is 2.58. The van der Waals surface area contributed by atoms with E-state index in [0.29, 0.717) is 31.0 Å². The number of amides is 2. The molecule has 0 spiro atoms. The van der Waals surface area contributed by atoms with Crippen molar-refractivity contribution >= 4 is 11.8 Å². The van der Waals surface area contributed by atoms with Crippen LogP contribution in [0.5, 0.6) is 5.75 Å². The summed E-state index contributed by atoms with van der Waals surface area (Å²) < 4.78 is 11.2. The molecule has 0 radical (unpaired) electrons. The van der Waals surface area contributed by atoms with Crippen LogP contribution in [0.3, 0.4) is 0 Å². The fraction of sp³-hybridized carbons (Fsp3) is 0.542. The Morgan fingerprint density at radius 2 is 1.88 bits per heavy atom. The second-order valence-corrected chi connectivity index (χ2v) is 9.40. The van der Waals surface area contributed by atoms with Crippen LogP contribution in [0.4, 0.5) is 0 Å². The van der Waals surface area contributed by atoms with Crippen molar-refractivity contribution < 1.29 is 18.8 Å². The minimum Gasteiger partial charge on any atom is -0.489 e. The van der Waals surface area contributed by atoms with Gasteiger partial charge in [0.05, 0.1) is 11.0 Å². The Bertz CT molecular complexity index is 1000. The van der Waals surface area contributed by atoms with Crippen LogP contribution < -0.4 is 4.74 Å². The Balaban J connectivity index is 1.35. The minimum absolute atomic E-state index is 0.140. The molecule has 32 heavy (non-hydrogen) atoms. The Labute approximate surface area is 188 Å². The van der Waals surface area contributed by atoms with Gasteiger partial charge in [0, 0.05) is 45.2 Å². The van der Waals surface area contributed by atoms with Crippen molar-refractivity contribution in [2.24, 2.45) is 11.3 Å². The van der Waals surface area contributed by atoms with E-state index in [4.69, 9.17) is 9.26 Å². The van der Waals surface area contributed by atoms with Crippen LogP contribution in [0, 0.1) is 18.3 Å². The SMILES string of the molecule is Cc1onc(C(=O)N2C[C@@H]3CN(C)C[C@]3(C(=O)N3CCCC3)C2)c1COc1ccccc1. The zero-order chi connectivity index (χ0) is 22.3. The monoisotopic (exact) mass is 438 g/mol. The summed E-state index contributed by atoms with van der Waals surface area (Å²) in [4.78, 5) is 33.1. The molecule has 5 rings (SSSR count). The van der Waals surface area contributed by atoms with Gasteiger partial charge in [-0.1, -0.05) is 23.4 Å². The molecule has 1 aromatic heterocycles. The fourth-order valence-corrected chi connectivity index (χ4v) is 5.56. The molecule has 0 aliphatic carbocycles. The maximum Gasteiger partial charge on any atom is 0.276 e. The molecular formula is C24H30N4O4. The molecule has 8 nitrogen and oxygen atoms in total. The van der Waals surface area contributed by atoms with Crippen LogP contribution in [0.25, 0.3) is 0 Å². The molecule has 0 N–H and O–H groups in total. The van der Waals surface area contributed by atoms with Crippen molar-refractivity contribution in [1.29, 1.82) is 0 Å². The van der Waals surface area contributed by atoms with Gasteiger partial charge in [-0.15, -0.1) is 0 Å². The minimum atomic E-state index is -0.520. The van der Waals surface area contributed by atoms with Crippen molar-refractivity contribution in [2.75, 3.05) is 46.3 Å². The van der Waals surface area contributed by atoms with Gasteiger partial charge in [-0.2, -0.15) is 0 Å². The quantitative estimate of drug-likeness (QED) is 0.712. The van der Waals surface area contributed by atoms with Crippen LogP contribution >= 0.6 is 0 Å². The number of rotatable bonds is 5. The van der Waals surface area contributed by atoms with E-state index in [-0.39, 0.29) is 30.0 Å². The normalized spacial score (nSPS) is 25.4. The zero-order valence-electron chi connectivity index (χ0n) is 18.7. The number of likely N-dealkylation sites (tertiary alicyclic amines) is 3. The lowest BCUT2D eigenvalue weighted by atomic mass is 9.79. The molecule has 2 atom stereocenters. The van der Waals surface area contributed by atoms with Gasteiger partial charge in [-0.25, -0.2) is 0 Å². The Hall–Kier alpha value is -2.87. The van der Waals surface area contributed by atoms with Gasteiger partial charge in [0.15, 0.2) is 5.69 Å². The molecule has 1 aromatic carbocycles. The third kappa shape index (κ3) is 3.56. The number of aryl methyl sites for hydroxylation is 1. The fourth-order valence-electron chi connectivity index (χ4n) is 5.56. The van der Waals surface area contributed by atoms with Crippen LogP contribution in [0.2, 0.25) is 0 Å². The lowest BCUT2D eigenvalue weighted by Gasteiger charge is -2.32. The molecule has 2 amide bonds. The molecule has 170 valence electrons. The maximum atomic E-state index is 13.5. The van der Waals surface area contributed by atoms with E-state index in [1.165, 1.54) is 0 Å². The zero-order valence-corrected chi connectivity index (χ0v) is 18.7. The summed E-state index contributed by atoms with van der Waals surface area (Å²) in [7, 11) is 2.06. The van der Waals surface area contributed by atoms with Crippen molar-refractivity contribution in [2.45, 2.75) is 26.4 Å². The third-order valence-electron chi connectivity index (χ3n) is 7.20. The molecule has 3 saturated heterocycles. The number of fused-ring (bicyclic) bond motifs is 1. The van der Waals surface area contributed by atoms with Crippen LogP contribution in [-0.4, -0.2) is 78.0 Å². The molecular weight excluding hydrogens is 408 g/mol. The Morgan fingerprint density at radius 3 is 2.62 bits per heavy atom. The number of benzene rings is 1. The van der Waals surface area contributed by atoms with E-state index in [2.05, 4.69) is 17.1 Å². The molecule has 0 saturated carbocycles. The third-order valence-corrected chi connectivity index (χ3v) is 7.20. The standard InChI is InChI=1S/C24H30N4O4/c1-17-20(14-31-19-8-4-3-5-9-19)21(25-32-17)22(29)28-13-18-12-26(2)15-24(18,16-28)23(30)27-10-6-7-11-27/h3-5,8-9,18H,6-7,10-16H2,1-2H3/t18-,24-/m0/s1. The van der Waals surface area contributed by atoms with Crippen molar-refractivity contribution in [3.05, 3.63) is 47.3 Å². The van der Waals surface area contributed by atoms with Gasteiger partial charge in [0.25, 0.3) is 5.91 Å². The van der Waals surface area contributed by atoms with E-state index in [9.17, 15) is 9.59 Å². The van der Waals surface area contributed by atoms with E-state index in [0.717, 1.165) is 38.2 Å². The molecule has 8 heteroatoms. The van der Waals surface area contributed by atoms with Gasteiger partial charge in [0.1, 0.15) is 18.1 Å². The van der Waals surface area contributed by atoms with Crippen molar-refractivity contribution in [1.82, 2.24) is 19.9 Å². The molecule has 4 heterocycles. The van der Waals surface area contributed by atoms with Gasteiger partial charge >= 0.3 is 0 Å². The molecule has 3 aliphatic heterocycles. The highest BCUT2D eigenvalue weighted by Crippen LogP contribution is 2.44. The molecule has 0 unspecified atom stereocenters. The predicted octanol–water partition coefficient (Wildman–Crippen LogP) is 2.19. The summed E-state index contributed by atoms with van der Waals surface area (Å²) in [5, 5.41) is 4.07. The summed E-state index contributed by atoms with van der Waals surface area (Å²) in [6.45, 7) is 6.17. The average Bonchev–Trinajstić information content (AvgIpc) is 3.56. The largest absolute Gasteiger partial charge is 0.489 e. The first-order valence-electron chi connectivity index (χ1n) is 11.4. The summed E-state index contributed by atoms with van der Waals surface area (Å²) >= 11 is 0. The number of nitrogens with zero attached hydrogens (tertiary/aromatic N) is 4. The van der Waals surface area contributed by atoms with Crippen LogP contribution in [0.1, 0.15) is 34.7 Å². The smallest absolute Gasteiger partial charge is 0.276 e. The lowest BCUT2D eigenvalue weighted by molar-refractivity contribution is -0.141. The average molecular weight is 439 g/mol. The molecule has 3 aliphatic rings. The second kappa shape index (κ2) is 8.24. The lowest BCUT2D eigenvalue weighted by Crippen LogP contribution is -2.49. The summed E-state index contributed by atoms with van der Waals surface area (Å²) in [5.41, 5.74) is 0.428. The number of hydrogen-bond donors (Lipinski definition) is 0. The van der Waals surface area contributed by atoms with E-state index in [1.54, 1.807) is 11.8 Å². The number of hydrogen-bond acceptors (Lipinski definition) is 6. The first kappa shape index (κ1) is 21.0. The van der Waals surface area contributed by atoms with Crippen molar-refractivity contribution in [3.63, 3.8) is 0 Å². The Kier molecular flexibility index (Phi) is 5.41. The maximum absolute atomic E-state index is 13.5. The second-order valence-electron chi connectivity index (χ2n) is 9.40. The number of carbonyl (C=O) groups excluding carboxylic acids is 2. The first-order chi connectivity index (χ1) is 15.5. The number of carbonyl (C=O) groups is 2.